The molecule has 3 N–H and O–H groups in total. The van der Waals surface area contributed by atoms with Crippen molar-refractivity contribution in [2.24, 2.45) is 17.6 Å². The van der Waals surface area contributed by atoms with Gasteiger partial charge in [-0.15, -0.1) is 11.3 Å². The molecule has 0 aliphatic rings. The molecule has 0 fully saturated rings. The molecule has 0 aliphatic heterocycles. The average molecular weight is 470 g/mol. The average Bonchev–Trinajstić information content (AvgIpc) is 3.24. The van der Waals surface area contributed by atoms with E-state index in [9.17, 15) is 14.7 Å². The third-order valence-corrected chi connectivity index (χ3v) is 7.00. The van der Waals surface area contributed by atoms with E-state index in [0.717, 1.165) is 32.1 Å². The minimum absolute atomic E-state index is 0.0358. The third kappa shape index (κ3) is 8.79. The Morgan fingerprint density at radius 2 is 1.91 bits per heavy atom. The van der Waals surface area contributed by atoms with Crippen LogP contribution in [0.4, 0.5) is 0 Å². The predicted molar refractivity (Wildman–Crippen MR) is 129 cm³/mol. The minimum Gasteiger partial charge on any atom is -0.455 e. The Morgan fingerprint density at radius 3 is 2.41 bits per heavy atom. The molecule has 32 heavy (non-hydrogen) atoms. The van der Waals surface area contributed by atoms with Gasteiger partial charge in [-0.05, 0) is 18.3 Å². The number of aromatic nitrogens is 1. The number of thiazole rings is 1. The third-order valence-electron chi connectivity index (χ3n) is 6.02. The van der Waals surface area contributed by atoms with E-state index in [0.29, 0.717) is 23.7 Å². The first-order valence-corrected chi connectivity index (χ1v) is 12.8. The minimum atomic E-state index is -0.573. The van der Waals surface area contributed by atoms with E-state index < -0.39 is 18.1 Å². The zero-order valence-electron chi connectivity index (χ0n) is 20.7. The molecule has 0 saturated carbocycles. The molecule has 0 saturated heterocycles. The number of unbranched alkanes of at least 4 members (excludes halogenated alkanes) is 3. The molecule has 0 spiro atoms. The van der Waals surface area contributed by atoms with Crippen LogP contribution in [0.15, 0.2) is 5.38 Å². The number of hydrogen-bond donors (Lipinski definition) is 2. The fourth-order valence-electron chi connectivity index (χ4n) is 3.76. The van der Waals surface area contributed by atoms with Gasteiger partial charge < -0.3 is 20.5 Å². The van der Waals surface area contributed by atoms with Gasteiger partial charge in [-0.2, -0.15) is 0 Å². The second kappa shape index (κ2) is 14.6. The number of nitrogens with two attached hydrogens (primary N) is 1. The number of aliphatic hydroxyl groups excluding tert-OH is 1. The van der Waals surface area contributed by atoms with Crippen LogP contribution in [0.1, 0.15) is 96.9 Å². The number of carbonyl (C=O) groups excluding carboxylic acids is 2. The van der Waals surface area contributed by atoms with Crippen molar-refractivity contribution in [1.82, 2.24) is 9.88 Å². The highest BCUT2D eigenvalue weighted by Gasteiger charge is 2.34. The Bertz CT molecular complexity index is 695. The highest BCUT2D eigenvalue weighted by Crippen LogP contribution is 2.31. The summed E-state index contributed by atoms with van der Waals surface area (Å²) in [5, 5.41) is 11.8. The molecule has 4 atom stereocenters. The van der Waals surface area contributed by atoms with E-state index >= 15 is 0 Å². The van der Waals surface area contributed by atoms with Crippen LogP contribution < -0.4 is 5.73 Å². The Balaban J connectivity index is 3.21. The molecule has 1 aromatic heterocycles. The maximum Gasteiger partial charge on any atom is 0.303 e. The molecule has 0 unspecified atom stereocenters. The van der Waals surface area contributed by atoms with Gasteiger partial charge in [0.05, 0.1) is 18.3 Å². The molecule has 184 valence electrons. The Kier molecular flexibility index (Phi) is 13.0. The number of rotatable bonds is 15. The summed E-state index contributed by atoms with van der Waals surface area (Å²) >= 11 is 1.36. The van der Waals surface area contributed by atoms with Crippen LogP contribution in [0.25, 0.3) is 0 Å². The standard InChI is InChI=1S/C24H43N3O4S/c1-7-9-10-11-12-27(24(30)22(25)17(5)8-2)20(16(3)4)13-21(31-18(6)29)23-26-19(14-28)15-32-23/h15-17,20-22,28H,7-14,25H2,1-6H3/t17-,20+,21+,22-/m0/s1. The summed E-state index contributed by atoms with van der Waals surface area (Å²) in [5.41, 5.74) is 6.92. The summed E-state index contributed by atoms with van der Waals surface area (Å²) < 4.78 is 5.64. The van der Waals surface area contributed by atoms with E-state index in [1.165, 1.54) is 18.3 Å². The second-order valence-corrected chi connectivity index (χ2v) is 9.87. The molecule has 1 aromatic rings. The van der Waals surface area contributed by atoms with Gasteiger partial charge in [-0.25, -0.2) is 4.98 Å². The molecule has 1 amide bonds. The molecule has 1 heterocycles. The molecular formula is C24H43N3O4S. The van der Waals surface area contributed by atoms with Gasteiger partial charge in [0.25, 0.3) is 0 Å². The number of nitrogens with zero attached hydrogens (tertiary/aromatic N) is 2. The molecular weight excluding hydrogens is 426 g/mol. The summed E-state index contributed by atoms with van der Waals surface area (Å²) in [4.78, 5) is 31.7. The topological polar surface area (TPSA) is 106 Å². The fourth-order valence-corrected chi connectivity index (χ4v) is 4.61. The Labute approximate surface area is 197 Å². The van der Waals surface area contributed by atoms with Gasteiger partial charge in [0.1, 0.15) is 5.01 Å². The van der Waals surface area contributed by atoms with Crippen molar-refractivity contribution in [2.45, 2.75) is 105 Å². The number of carbonyl (C=O) groups is 2. The van der Waals surface area contributed by atoms with Crippen LogP contribution in [0, 0.1) is 11.8 Å². The van der Waals surface area contributed by atoms with Crippen molar-refractivity contribution in [3.8, 4) is 0 Å². The van der Waals surface area contributed by atoms with Gasteiger partial charge >= 0.3 is 5.97 Å². The van der Waals surface area contributed by atoms with Gasteiger partial charge in [-0.3, -0.25) is 9.59 Å². The lowest BCUT2D eigenvalue weighted by molar-refractivity contribution is -0.149. The number of esters is 1. The van der Waals surface area contributed by atoms with Crippen molar-refractivity contribution >= 4 is 23.2 Å². The molecule has 0 aliphatic carbocycles. The molecule has 7 nitrogen and oxygen atoms in total. The zero-order valence-corrected chi connectivity index (χ0v) is 21.5. The fraction of sp³-hybridized carbons (Fsp3) is 0.792. The SMILES string of the molecule is CCCCCCN(C(=O)[C@@H](N)[C@@H](C)CC)[C@H](C[C@@H](OC(C)=O)c1nc(CO)cs1)C(C)C. The lowest BCUT2D eigenvalue weighted by Gasteiger charge is -2.38. The maximum absolute atomic E-state index is 13.5. The second-order valence-electron chi connectivity index (χ2n) is 8.98. The molecule has 8 heteroatoms. The summed E-state index contributed by atoms with van der Waals surface area (Å²) in [6.07, 6.45) is 4.94. The van der Waals surface area contributed by atoms with Crippen molar-refractivity contribution in [3.05, 3.63) is 16.1 Å². The van der Waals surface area contributed by atoms with E-state index in [2.05, 4.69) is 25.8 Å². The first-order chi connectivity index (χ1) is 15.2. The summed E-state index contributed by atoms with van der Waals surface area (Å²) in [7, 11) is 0. The van der Waals surface area contributed by atoms with Crippen molar-refractivity contribution in [3.63, 3.8) is 0 Å². The summed E-state index contributed by atoms with van der Waals surface area (Å²) in [6.45, 7) is 12.2. The van der Waals surface area contributed by atoms with E-state index in [-0.39, 0.29) is 30.4 Å². The summed E-state index contributed by atoms with van der Waals surface area (Å²) in [6, 6.07) is -0.703. The normalized spacial score (nSPS) is 15.3. The van der Waals surface area contributed by atoms with Crippen molar-refractivity contribution in [1.29, 1.82) is 0 Å². The van der Waals surface area contributed by atoms with Crippen LogP contribution in [-0.2, 0) is 20.9 Å². The number of aliphatic hydroxyl groups is 1. The van der Waals surface area contributed by atoms with E-state index in [1.54, 1.807) is 5.38 Å². The van der Waals surface area contributed by atoms with Crippen LogP contribution in [0.3, 0.4) is 0 Å². The number of ether oxygens (including phenoxy) is 1. The molecule has 0 aromatic carbocycles. The predicted octanol–water partition coefficient (Wildman–Crippen LogP) is 4.44. The smallest absolute Gasteiger partial charge is 0.303 e. The lowest BCUT2D eigenvalue weighted by Crippen LogP contribution is -2.53. The lowest BCUT2D eigenvalue weighted by atomic mass is 9.92. The highest BCUT2D eigenvalue weighted by atomic mass is 32.1. The monoisotopic (exact) mass is 469 g/mol. The highest BCUT2D eigenvalue weighted by molar-refractivity contribution is 7.09. The van der Waals surface area contributed by atoms with Gasteiger partial charge in [0, 0.05) is 31.3 Å². The van der Waals surface area contributed by atoms with E-state index in [1.807, 2.05) is 18.7 Å². The Morgan fingerprint density at radius 1 is 1.22 bits per heavy atom. The number of hydrogen-bond acceptors (Lipinski definition) is 7. The summed E-state index contributed by atoms with van der Waals surface area (Å²) in [5.74, 6) is -0.199. The first-order valence-electron chi connectivity index (χ1n) is 11.9. The molecule has 1 rings (SSSR count). The number of amides is 1. The maximum atomic E-state index is 13.5. The zero-order chi connectivity index (χ0) is 24.3. The van der Waals surface area contributed by atoms with Crippen LogP contribution in [0.5, 0.6) is 0 Å². The van der Waals surface area contributed by atoms with Crippen LogP contribution in [0.2, 0.25) is 0 Å². The largest absolute Gasteiger partial charge is 0.455 e. The van der Waals surface area contributed by atoms with Gasteiger partial charge in [0.15, 0.2) is 6.10 Å². The first kappa shape index (κ1) is 28.5. The van der Waals surface area contributed by atoms with E-state index in [4.69, 9.17) is 10.5 Å². The van der Waals surface area contributed by atoms with Gasteiger partial charge in [0.2, 0.25) is 5.91 Å². The Hall–Kier alpha value is -1.51. The van der Waals surface area contributed by atoms with Crippen molar-refractivity contribution < 1.29 is 19.4 Å². The molecule has 0 bridgehead atoms. The van der Waals surface area contributed by atoms with Gasteiger partial charge in [-0.1, -0.05) is 60.3 Å². The quantitative estimate of drug-likeness (QED) is 0.291. The van der Waals surface area contributed by atoms with Crippen molar-refractivity contribution in [2.75, 3.05) is 6.54 Å². The molecule has 0 radical (unpaired) electrons. The van der Waals surface area contributed by atoms with Crippen LogP contribution >= 0.6 is 11.3 Å². The van der Waals surface area contributed by atoms with Crippen LogP contribution in [-0.4, -0.2) is 45.5 Å².